The number of nitrogens with one attached hydrogen (secondary N) is 2. The fourth-order valence-electron chi connectivity index (χ4n) is 3.44. The number of piperidine rings is 1. The molecule has 0 bridgehead atoms. The summed E-state index contributed by atoms with van der Waals surface area (Å²) < 4.78 is 28.2. The lowest BCUT2D eigenvalue weighted by Gasteiger charge is -2.27. The summed E-state index contributed by atoms with van der Waals surface area (Å²) in [6.07, 6.45) is 0.0270. The lowest BCUT2D eigenvalue weighted by molar-refractivity contribution is -0.136. The van der Waals surface area contributed by atoms with E-state index in [1.807, 2.05) is 0 Å². The monoisotopic (exact) mass is 525 g/mol. The molecule has 1 fully saturated rings. The first-order valence-corrected chi connectivity index (χ1v) is 11.6. The molecular weight excluding hydrogens is 514 g/mol. The van der Waals surface area contributed by atoms with Crippen molar-refractivity contribution in [1.29, 1.82) is 0 Å². The van der Waals surface area contributed by atoms with E-state index in [0.29, 0.717) is 4.47 Å². The third-order valence-corrected chi connectivity index (χ3v) is 7.73. The van der Waals surface area contributed by atoms with Crippen LogP contribution in [-0.2, 0) is 19.6 Å². The molecule has 0 saturated carbocycles. The summed E-state index contributed by atoms with van der Waals surface area (Å²) >= 11 is 9.24. The Morgan fingerprint density at radius 1 is 1.06 bits per heavy atom. The average Bonchev–Trinajstić information content (AvgIpc) is 2.94. The SMILES string of the molecule is O=C1CCC(N2C(=O)c3ccc(NS(=O)(=O)c4cccc(Br)c4Cl)cc3C2=O)C(=O)N1. The van der Waals surface area contributed by atoms with Crippen molar-refractivity contribution >= 4 is 66.9 Å². The molecule has 2 N–H and O–H groups in total. The quantitative estimate of drug-likeness (QED) is 0.588. The molecule has 2 aromatic carbocycles. The van der Waals surface area contributed by atoms with Crippen LogP contribution < -0.4 is 10.0 Å². The predicted molar refractivity (Wildman–Crippen MR) is 113 cm³/mol. The number of nitrogens with zero attached hydrogens (tertiary/aromatic N) is 1. The zero-order valence-electron chi connectivity index (χ0n) is 15.5. The predicted octanol–water partition coefficient (Wildman–Crippen LogP) is 2.30. The van der Waals surface area contributed by atoms with E-state index in [1.165, 1.54) is 30.3 Å². The number of anilines is 1. The van der Waals surface area contributed by atoms with Crippen LogP contribution in [0, 0.1) is 0 Å². The van der Waals surface area contributed by atoms with E-state index in [0.717, 1.165) is 4.90 Å². The maximum absolute atomic E-state index is 12.9. The Morgan fingerprint density at radius 2 is 1.77 bits per heavy atom. The number of imide groups is 2. The number of carbonyl (C=O) groups is 4. The fraction of sp³-hybridized carbons (Fsp3) is 0.158. The second-order valence-corrected chi connectivity index (χ2v) is 9.75. The second-order valence-electron chi connectivity index (χ2n) is 6.87. The Balaban J connectivity index is 1.64. The number of fused-ring (bicyclic) bond motifs is 1. The van der Waals surface area contributed by atoms with Gasteiger partial charge in [-0.25, -0.2) is 8.42 Å². The minimum Gasteiger partial charge on any atom is -0.295 e. The van der Waals surface area contributed by atoms with E-state index in [1.54, 1.807) is 6.07 Å². The van der Waals surface area contributed by atoms with Crippen LogP contribution in [0.2, 0.25) is 5.02 Å². The molecule has 2 heterocycles. The summed E-state index contributed by atoms with van der Waals surface area (Å²) in [6.45, 7) is 0. The third kappa shape index (κ3) is 3.73. The zero-order valence-corrected chi connectivity index (χ0v) is 18.7. The van der Waals surface area contributed by atoms with Crippen molar-refractivity contribution < 1.29 is 27.6 Å². The standard InChI is InChI=1S/C19H13BrClN3O6S/c20-12-2-1-3-14(16(12)21)31(29,30)23-9-4-5-10-11(8-9)19(28)24(18(10)27)13-6-7-15(25)22-17(13)26/h1-5,8,13,23H,6-7H2,(H,22,25,26). The highest BCUT2D eigenvalue weighted by atomic mass is 79.9. The minimum atomic E-state index is -4.09. The normalized spacial score (nSPS) is 18.8. The van der Waals surface area contributed by atoms with E-state index in [-0.39, 0.29) is 39.6 Å². The number of carbonyl (C=O) groups excluding carboxylic acids is 4. The number of hydrogen-bond acceptors (Lipinski definition) is 6. The van der Waals surface area contributed by atoms with Crippen molar-refractivity contribution in [1.82, 2.24) is 10.2 Å². The molecule has 1 atom stereocenters. The molecule has 4 rings (SSSR count). The summed E-state index contributed by atoms with van der Waals surface area (Å²) in [4.78, 5) is 49.7. The first-order valence-electron chi connectivity index (χ1n) is 8.92. The van der Waals surface area contributed by atoms with Gasteiger partial charge in [-0.05, 0) is 52.7 Å². The number of sulfonamides is 1. The first-order chi connectivity index (χ1) is 14.6. The van der Waals surface area contributed by atoms with Gasteiger partial charge in [-0.2, -0.15) is 0 Å². The third-order valence-electron chi connectivity index (χ3n) is 4.90. The lowest BCUT2D eigenvalue weighted by Crippen LogP contribution is -2.54. The Kier molecular flexibility index (Phi) is 5.36. The molecule has 0 aromatic heterocycles. The van der Waals surface area contributed by atoms with Crippen LogP contribution in [0.25, 0.3) is 0 Å². The molecule has 2 aliphatic heterocycles. The van der Waals surface area contributed by atoms with Gasteiger partial charge in [0.2, 0.25) is 11.8 Å². The highest BCUT2D eigenvalue weighted by molar-refractivity contribution is 9.10. The smallest absolute Gasteiger partial charge is 0.263 e. The number of halogens is 2. The van der Waals surface area contributed by atoms with E-state index >= 15 is 0 Å². The van der Waals surface area contributed by atoms with Crippen LogP contribution in [0.15, 0.2) is 45.8 Å². The van der Waals surface area contributed by atoms with Gasteiger partial charge in [-0.15, -0.1) is 0 Å². The van der Waals surface area contributed by atoms with Gasteiger partial charge in [0, 0.05) is 16.6 Å². The van der Waals surface area contributed by atoms with E-state index in [4.69, 9.17) is 11.6 Å². The number of hydrogen-bond donors (Lipinski definition) is 2. The molecule has 0 aliphatic carbocycles. The maximum atomic E-state index is 12.9. The average molecular weight is 527 g/mol. The molecule has 12 heteroatoms. The summed E-state index contributed by atoms with van der Waals surface area (Å²) in [5.41, 5.74) is 0.0365. The van der Waals surface area contributed by atoms with Crippen molar-refractivity contribution in [3.63, 3.8) is 0 Å². The van der Waals surface area contributed by atoms with Crippen molar-refractivity contribution in [3.05, 3.63) is 57.0 Å². The minimum absolute atomic E-state index is 0.00224. The molecule has 0 radical (unpaired) electrons. The highest BCUT2D eigenvalue weighted by Gasteiger charge is 2.44. The highest BCUT2D eigenvalue weighted by Crippen LogP contribution is 2.33. The summed E-state index contributed by atoms with van der Waals surface area (Å²) in [6, 6.07) is 7.18. The molecule has 0 spiro atoms. The molecule has 31 heavy (non-hydrogen) atoms. The molecule has 160 valence electrons. The van der Waals surface area contributed by atoms with Crippen LogP contribution >= 0.6 is 27.5 Å². The summed E-state index contributed by atoms with van der Waals surface area (Å²) in [5, 5.41) is 2.10. The van der Waals surface area contributed by atoms with Gasteiger partial charge >= 0.3 is 0 Å². The van der Waals surface area contributed by atoms with Gasteiger partial charge in [-0.1, -0.05) is 17.7 Å². The van der Waals surface area contributed by atoms with Crippen LogP contribution in [0.4, 0.5) is 5.69 Å². The summed E-state index contributed by atoms with van der Waals surface area (Å²) in [5.74, 6) is -2.62. The Labute approximate surface area is 189 Å². The molecule has 1 saturated heterocycles. The molecule has 2 aliphatic rings. The Morgan fingerprint density at radius 3 is 2.48 bits per heavy atom. The Hall–Kier alpha value is -2.76. The van der Waals surface area contributed by atoms with Crippen molar-refractivity contribution in [2.24, 2.45) is 0 Å². The number of amides is 4. The molecule has 4 amide bonds. The molecule has 9 nitrogen and oxygen atoms in total. The molecular formula is C19H13BrClN3O6S. The molecule has 2 aromatic rings. The van der Waals surface area contributed by atoms with Gasteiger partial charge in [0.25, 0.3) is 21.8 Å². The largest absolute Gasteiger partial charge is 0.295 e. The van der Waals surface area contributed by atoms with Crippen LogP contribution in [-0.4, -0.2) is 43.0 Å². The number of rotatable bonds is 4. The zero-order chi connectivity index (χ0) is 22.5. The molecule has 1 unspecified atom stereocenters. The van der Waals surface area contributed by atoms with Gasteiger partial charge in [0.15, 0.2) is 0 Å². The van der Waals surface area contributed by atoms with Crippen molar-refractivity contribution in [2.45, 2.75) is 23.8 Å². The lowest BCUT2D eigenvalue weighted by atomic mass is 10.0. The Bertz CT molecular complexity index is 1280. The van der Waals surface area contributed by atoms with E-state index < -0.39 is 39.7 Å². The van der Waals surface area contributed by atoms with Crippen LogP contribution in [0.5, 0.6) is 0 Å². The van der Waals surface area contributed by atoms with Gasteiger partial charge < -0.3 is 0 Å². The second kappa shape index (κ2) is 7.74. The van der Waals surface area contributed by atoms with Crippen LogP contribution in [0.1, 0.15) is 33.6 Å². The topological polar surface area (TPSA) is 130 Å². The van der Waals surface area contributed by atoms with E-state index in [2.05, 4.69) is 26.0 Å². The summed E-state index contributed by atoms with van der Waals surface area (Å²) in [7, 11) is -4.09. The maximum Gasteiger partial charge on any atom is 0.263 e. The van der Waals surface area contributed by atoms with Crippen LogP contribution in [0.3, 0.4) is 0 Å². The van der Waals surface area contributed by atoms with E-state index in [9.17, 15) is 27.6 Å². The first kappa shape index (κ1) is 21.5. The number of benzene rings is 2. The van der Waals surface area contributed by atoms with Gasteiger partial charge in [-0.3, -0.25) is 34.1 Å². The van der Waals surface area contributed by atoms with Crippen molar-refractivity contribution in [2.75, 3.05) is 4.72 Å². The van der Waals surface area contributed by atoms with Crippen molar-refractivity contribution in [3.8, 4) is 0 Å². The van der Waals surface area contributed by atoms with Gasteiger partial charge in [0.1, 0.15) is 10.9 Å². The van der Waals surface area contributed by atoms with Gasteiger partial charge in [0.05, 0.1) is 16.1 Å². The fourth-order valence-corrected chi connectivity index (χ4v) is 5.52.